The zero-order valence-corrected chi connectivity index (χ0v) is 15.2. The number of carbonyl (C=O) groups excluding carboxylic acids is 1. The van der Waals surface area contributed by atoms with Crippen molar-refractivity contribution in [3.05, 3.63) is 35.4 Å². The van der Waals surface area contributed by atoms with Crippen molar-refractivity contribution in [2.75, 3.05) is 0 Å². The van der Waals surface area contributed by atoms with Gasteiger partial charge in [-0.25, -0.2) is 0 Å². The van der Waals surface area contributed by atoms with Crippen LogP contribution < -0.4 is 0 Å². The molecule has 0 aliphatic heterocycles. The Morgan fingerprint density at radius 1 is 0.913 bits per heavy atom. The number of carbonyl (C=O) groups is 1. The minimum Gasteiger partial charge on any atom is -0.294 e. The molecule has 0 spiro atoms. The third-order valence-corrected chi connectivity index (χ3v) is 5.54. The van der Waals surface area contributed by atoms with E-state index in [1.807, 2.05) is 12.1 Å². The van der Waals surface area contributed by atoms with Gasteiger partial charge in [-0.1, -0.05) is 83.1 Å². The second-order valence-corrected chi connectivity index (χ2v) is 7.44. The summed E-state index contributed by atoms with van der Waals surface area (Å²) in [6, 6.07) is 8.40. The van der Waals surface area contributed by atoms with Gasteiger partial charge in [-0.15, -0.1) is 0 Å². The van der Waals surface area contributed by atoms with Crippen molar-refractivity contribution in [3.8, 4) is 0 Å². The van der Waals surface area contributed by atoms with Crippen LogP contribution in [-0.4, -0.2) is 5.78 Å². The number of benzene rings is 1. The summed E-state index contributed by atoms with van der Waals surface area (Å²) >= 11 is 0. The monoisotopic (exact) mass is 314 g/mol. The third kappa shape index (κ3) is 6.12. The fraction of sp³-hybridized carbons (Fsp3) is 0.682. The molecule has 128 valence electrons. The van der Waals surface area contributed by atoms with Gasteiger partial charge in [0.15, 0.2) is 5.78 Å². The van der Waals surface area contributed by atoms with Crippen molar-refractivity contribution in [2.45, 2.75) is 84.5 Å². The minimum atomic E-state index is 0.299. The smallest absolute Gasteiger partial charge is 0.162 e. The number of Topliss-reactive ketones (excluding diaryl/α,β-unsaturated/α-hetero) is 1. The average molecular weight is 315 g/mol. The highest BCUT2D eigenvalue weighted by atomic mass is 16.1. The molecule has 1 aliphatic carbocycles. The molecule has 0 N–H and O–H groups in total. The standard InChI is InChI=1S/C22H34O/c1-3-5-7-22(23)21-16-14-20(15-17-21)13-12-19-10-8-18(6-4-2)9-11-19/h14-19H,3-13H2,1-2H3. The lowest BCUT2D eigenvalue weighted by Crippen LogP contribution is -2.15. The lowest BCUT2D eigenvalue weighted by molar-refractivity contribution is 0.0980. The van der Waals surface area contributed by atoms with Gasteiger partial charge in [0.2, 0.25) is 0 Å². The minimum absolute atomic E-state index is 0.299. The van der Waals surface area contributed by atoms with E-state index in [9.17, 15) is 4.79 Å². The maximum atomic E-state index is 12.0. The molecule has 1 aromatic carbocycles. The van der Waals surface area contributed by atoms with Gasteiger partial charge in [0.25, 0.3) is 0 Å². The van der Waals surface area contributed by atoms with Crippen LogP contribution in [0, 0.1) is 11.8 Å². The van der Waals surface area contributed by atoms with Crippen LogP contribution in [0.25, 0.3) is 0 Å². The summed E-state index contributed by atoms with van der Waals surface area (Å²) in [6.07, 6.45) is 13.8. The van der Waals surface area contributed by atoms with Crippen LogP contribution >= 0.6 is 0 Å². The predicted molar refractivity (Wildman–Crippen MR) is 99.0 cm³/mol. The molecular formula is C22H34O. The van der Waals surface area contributed by atoms with Crippen LogP contribution in [0.2, 0.25) is 0 Å². The van der Waals surface area contributed by atoms with Crippen molar-refractivity contribution in [3.63, 3.8) is 0 Å². The largest absolute Gasteiger partial charge is 0.294 e. The molecule has 1 aliphatic rings. The van der Waals surface area contributed by atoms with Crippen LogP contribution in [0.15, 0.2) is 24.3 Å². The Balaban J connectivity index is 1.73. The van der Waals surface area contributed by atoms with Crippen LogP contribution in [-0.2, 0) is 6.42 Å². The first kappa shape index (κ1) is 18.2. The molecule has 1 aromatic rings. The van der Waals surface area contributed by atoms with Crippen molar-refractivity contribution < 1.29 is 4.79 Å². The van der Waals surface area contributed by atoms with E-state index >= 15 is 0 Å². The summed E-state index contributed by atoms with van der Waals surface area (Å²) in [7, 11) is 0. The van der Waals surface area contributed by atoms with Gasteiger partial charge in [0, 0.05) is 12.0 Å². The zero-order valence-electron chi connectivity index (χ0n) is 15.2. The number of ketones is 1. The summed E-state index contributed by atoms with van der Waals surface area (Å²) in [5, 5.41) is 0. The van der Waals surface area contributed by atoms with Gasteiger partial charge in [-0.3, -0.25) is 4.79 Å². The van der Waals surface area contributed by atoms with E-state index in [1.54, 1.807) is 0 Å². The molecular weight excluding hydrogens is 280 g/mol. The molecule has 1 fully saturated rings. The second kappa shape index (κ2) is 9.90. The summed E-state index contributed by atoms with van der Waals surface area (Å²) in [5.74, 6) is 2.23. The van der Waals surface area contributed by atoms with Gasteiger partial charge in [-0.05, 0) is 36.7 Å². The Labute approximate surface area is 142 Å². The van der Waals surface area contributed by atoms with E-state index in [0.717, 1.165) is 30.2 Å². The summed E-state index contributed by atoms with van der Waals surface area (Å²) in [6.45, 7) is 4.44. The van der Waals surface area contributed by atoms with Crippen LogP contribution in [0.3, 0.4) is 0 Å². The van der Waals surface area contributed by atoms with Gasteiger partial charge in [0.05, 0.1) is 0 Å². The molecule has 0 amide bonds. The van der Waals surface area contributed by atoms with Crippen LogP contribution in [0.5, 0.6) is 0 Å². The molecule has 1 nitrogen and oxygen atoms in total. The summed E-state index contributed by atoms with van der Waals surface area (Å²) < 4.78 is 0. The lowest BCUT2D eigenvalue weighted by atomic mass is 9.78. The molecule has 1 heteroatoms. The normalized spacial score (nSPS) is 21.3. The maximum Gasteiger partial charge on any atom is 0.162 e. The van der Waals surface area contributed by atoms with Gasteiger partial charge >= 0.3 is 0 Å². The summed E-state index contributed by atoms with van der Waals surface area (Å²) in [5.41, 5.74) is 2.29. The molecule has 0 heterocycles. The Hall–Kier alpha value is -1.11. The highest BCUT2D eigenvalue weighted by molar-refractivity contribution is 5.96. The second-order valence-electron chi connectivity index (χ2n) is 7.44. The Morgan fingerprint density at radius 3 is 2.09 bits per heavy atom. The SMILES string of the molecule is CCCCC(=O)c1ccc(CCC2CCC(CCC)CC2)cc1. The van der Waals surface area contributed by atoms with Crippen molar-refractivity contribution in [1.82, 2.24) is 0 Å². The number of aryl methyl sites for hydroxylation is 1. The highest BCUT2D eigenvalue weighted by Gasteiger charge is 2.20. The third-order valence-electron chi connectivity index (χ3n) is 5.54. The Morgan fingerprint density at radius 2 is 1.52 bits per heavy atom. The molecule has 1 saturated carbocycles. The highest BCUT2D eigenvalue weighted by Crippen LogP contribution is 2.33. The zero-order chi connectivity index (χ0) is 16.5. The topological polar surface area (TPSA) is 17.1 Å². The molecule has 0 radical (unpaired) electrons. The van der Waals surface area contributed by atoms with E-state index in [1.165, 1.54) is 56.9 Å². The number of hydrogen-bond donors (Lipinski definition) is 0. The first-order valence-corrected chi connectivity index (χ1v) is 9.85. The maximum absolute atomic E-state index is 12.0. The fourth-order valence-corrected chi connectivity index (χ4v) is 3.93. The average Bonchev–Trinajstić information content (AvgIpc) is 2.60. The molecule has 0 aromatic heterocycles. The fourth-order valence-electron chi connectivity index (χ4n) is 3.93. The number of unbranched alkanes of at least 4 members (excludes halogenated alkanes) is 1. The lowest BCUT2D eigenvalue weighted by Gasteiger charge is -2.28. The Bertz CT molecular complexity index is 451. The predicted octanol–water partition coefficient (Wildman–Crippen LogP) is 6.60. The summed E-state index contributed by atoms with van der Waals surface area (Å²) in [4.78, 5) is 12.0. The van der Waals surface area contributed by atoms with E-state index < -0.39 is 0 Å². The van der Waals surface area contributed by atoms with E-state index in [4.69, 9.17) is 0 Å². The molecule has 0 saturated heterocycles. The first-order valence-electron chi connectivity index (χ1n) is 9.85. The molecule has 0 atom stereocenters. The van der Waals surface area contributed by atoms with E-state index in [-0.39, 0.29) is 0 Å². The van der Waals surface area contributed by atoms with Crippen molar-refractivity contribution in [2.24, 2.45) is 11.8 Å². The van der Waals surface area contributed by atoms with Gasteiger partial charge in [-0.2, -0.15) is 0 Å². The Kier molecular flexibility index (Phi) is 7.85. The number of rotatable bonds is 9. The molecule has 23 heavy (non-hydrogen) atoms. The molecule has 0 bridgehead atoms. The first-order chi connectivity index (χ1) is 11.2. The van der Waals surface area contributed by atoms with Crippen molar-refractivity contribution >= 4 is 5.78 Å². The quantitative estimate of drug-likeness (QED) is 0.469. The van der Waals surface area contributed by atoms with Gasteiger partial charge in [0.1, 0.15) is 0 Å². The van der Waals surface area contributed by atoms with Crippen LogP contribution in [0.1, 0.15) is 94.0 Å². The van der Waals surface area contributed by atoms with E-state index in [2.05, 4.69) is 26.0 Å². The van der Waals surface area contributed by atoms with E-state index in [0.29, 0.717) is 12.2 Å². The van der Waals surface area contributed by atoms with Crippen molar-refractivity contribution in [1.29, 1.82) is 0 Å². The van der Waals surface area contributed by atoms with Gasteiger partial charge < -0.3 is 0 Å². The number of hydrogen-bond acceptors (Lipinski definition) is 1. The molecule has 0 unspecified atom stereocenters. The van der Waals surface area contributed by atoms with Crippen LogP contribution in [0.4, 0.5) is 0 Å². The molecule has 2 rings (SSSR count).